The van der Waals surface area contributed by atoms with Crippen LogP contribution in [-0.4, -0.2) is 39.0 Å². The van der Waals surface area contributed by atoms with E-state index in [0.717, 1.165) is 0 Å². The monoisotopic (exact) mass is 199 g/mol. The van der Waals surface area contributed by atoms with Gasteiger partial charge in [0.25, 0.3) is 0 Å². The summed E-state index contributed by atoms with van der Waals surface area (Å²) in [6.45, 7) is 5.38. The number of aliphatic hydroxyl groups is 1. The molecule has 1 heterocycles. The maximum absolute atomic E-state index is 9.79. The minimum absolute atomic E-state index is 0.0994. The van der Waals surface area contributed by atoms with Crippen molar-refractivity contribution >= 4 is 11.9 Å². The fraction of sp³-hybridized carbons (Fsp3) is 0.750. The van der Waals surface area contributed by atoms with Crippen molar-refractivity contribution in [2.24, 2.45) is 0 Å². The number of hydrogen-bond donors (Lipinski definition) is 3. The summed E-state index contributed by atoms with van der Waals surface area (Å²) in [5.74, 6) is 0.756. The van der Waals surface area contributed by atoms with E-state index in [9.17, 15) is 5.11 Å². The lowest BCUT2D eigenvalue weighted by atomic mass is 10.00. The van der Waals surface area contributed by atoms with E-state index >= 15 is 0 Å². The zero-order chi connectivity index (χ0) is 10.9. The van der Waals surface area contributed by atoms with Gasteiger partial charge in [0.2, 0.25) is 11.9 Å². The summed E-state index contributed by atoms with van der Waals surface area (Å²) in [6.07, 6.45) is 0. The largest absolute Gasteiger partial charge is 0.388 e. The second kappa shape index (κ2) is 3.45. The Bertz CT molecular complexity index is 303. The van der Waals surface area contributed by atoms with E-state index in [1.165, 1.54) is 0 Å². The van der Waals surface area contributed by atoms with E-state index in [0.29, 0.717) is 5.95 Å². The minimum Gasteiger partial charge on any atom is -0.388 e. The third-order valence-corrected chi connectivity index (χ3v) is 2.41. The van der Waals surface area contributed by atoms with Gasteiger partial charge in [-0.15, -0.1) is 5.10 Å². The molecule has 80 valence electrons. The Morgan fingerprint density at radius 3 is 2.50 bits per heavy atom. The number of nitrogens with two attached hydrogens (primary N) is 1. The molecule has 0 aromatic carbocycles. The summed E-state index contributed by atoms with van der Waals surface area (Å²) in [4.78, 5) is 5.74. The lowest BCUT2D eigenvalue weighted by Crippen LogP contribution is -2.46. The molecule has 1 aromatic heterocycles. The summed E-state index contributed by atoms with van der Waals surface area (Å²) in [6, 6.07) is -0.0994. The van der Waals surface area contributed by atoms with Gasteiger partial charge in [-0.05, 0) is 20.8 Å². The van der Waals surface area contributed by atoms with E-state index < -0.39 is 5.60 Å². The Kier molecular flexibility index (Phi) is 2.66. The molecule has 0 amide bonds. The smallest absolute Gasteiger partial charge is 0.246 e. The zero-order valence-corrected chi connectivity index (χ0v) is 8.94. The fourth-order valence-corrected chi connectivity index (χ4v) is 1.07. The van der Waals surface area contributed by atoms with Crippen LogP contribution >= 0.6 is 0 Å². The number of H-pyrrole nitrogens is 1. The lowest BCUT2D eigenvalue weighted by molar-refractivity contribution is 0.0561. The van der Waals surface area contributed by atoms with Crippen molar-refractivity contribution in [3.05, 3.63) is 0 Å². The van der Waals surface area contributed by atoms with Crippen molar-refractivity contribution in [2.75, 3.05) is 17.7 Å². The van der Waals surface area contributed by atoms with Crippen molar-refractivity contribution in [1.29, 1.82) is 0 Å². The van der Waals surface area contributed by atoms with E-state index in [1.54, 1.807) is 18.7 Å². The van der Waals surface area contributed by atoms with Crippen LogP contribution in [0.2, 0.25) is 0 Å². The molecular formula is C8H17N5O. The highest BCUT2D eigenvalue weighted by Gasteiger charge is 2.27. The van der Waals surface area contributed by atoms with Crippen LogP contribution in [0.1, 0.15) is 20.8 Å². The maximum atomic E-state index is 9.79. The molecule has 1 rings (SSSR count). The molecule has 1 atom stereocenters. The van der Waals surface area contributed by atoms with Crippen LogP contribution in [0.5, 0.6) is 0 Å². The second-order valence-electron chi connectivity index (χ2n) is 3.96. The molecule has 6 heteroatoms. The summed E-state index contributed by atoms with van der Waals surface area (Å²) in [5.41, 5.74) is 4.59. The summed E-state index contributed by atoms with van der Waals surface area (Å²) in [7, 11) is 1.81. The molecule has 0 radical (unpaired) electrons. The third kappa shape index (κ3) is 2.14. The molecule has 0 fully saturated rings. The van der Waals surface area contributed by atoms with Crippen LogP contribution in [0, 0.1) is 0 Å². The normalized spacial score (nSPS) is 14.1. The number of anilines is 2. The van der Waals surface area contributed by atoms with Gasteiger partial charge in [0.15, 0.2) is 0 Å². The molecule has 0 saturated carbocycles. The quantitative estimate of drug-likeness (QED) is 0.636. The Morgan fingerprint density at radius 1 is 1.57 bits per heavy atom. The number of rotatable bonds is 3. The molecule has 4 N–H and O–H groups in total. The molecule has 1 unspecified atom stereocenters. The van der Waals surface area contributed by atoms with Gasteiger partial charge >= 0.3 is 0 Å². The number of nitrogens with zero attached hydrogens (tertiary/aromatic N) is 3. The Morgan fingerprint density at radius 2 is 2.14 bits per heavy atom. The van der Waals surface area contributed by atoms with Gasteiger partial charge in [-0.25, -0.2) is 5.10 Å². The first-order chi connectivity index (χ1) is 6.32. The van der Waals surface area contributed by atoms with E-state index in [-0.39, 0.29) is 12.0 Å². The Hall–Kier alpha value is -1.30. The summed E-state index contributed by atoms with van der Waals surface area (Å²) in [5, 5.41) is 16.2. The van der Waals surface area contributed by atoms with E-state index in [4.69, 9.17) is 5.73 Å². The van der Waals surface area contributed by atoms with Gasteiger partial charge in [0.1, 0.15) is 0 Å². The van der Waals surface area contributed by atoms with Gasteiger partial charge in [0, 0.05) is 7.05 Å². The average Bonchev–Trinajstić information content (AvgIpc) is 2.47. The average molecular weight is 199 g/mol. The highest BCUT2D eigenvalue weighted by atomic mass is 16.3. The number of aromatic nitrogens is 3. The first kappa shape index (κ1) is 10.8. The molecular weight excluding hydrogens is 182 g/mol. The van der Waals surface area contributed by atoms with Gasteiger partial charge in [-0.1, -0.05) is 0 Å². The van der Waals surface area contributed by atoms with Crippen LogP contribution < -0.4 is 10.6 Å². The van der Waals surface area contributed by atoms with Gasteiger partial charge in [0.05, 0.1) is 11.6 Å². The standard InChI is InChI=1S/C8H17N5O/c1-5(8(2,3)14)13(4)7-10-6(9)11-12-7/h5,14H,1-4H3,(H3,9,10,11,12). The minimum atomic E-state index is -0.815. The van der Waals surface area contributed by atoms with Crippen LogP contribution in [0.15, 0.2) is 0 Å². The molecule has 0 aliphatic heterocycles. The first-order valence-corrected chi connectivity index (χ1v) is 4.45. The molecule has 0 saturated heterocycles. The second-order valence-corrected chi connectivity index (χ2v) is 3.96. The molecule has 1 aromatic rings. The predicted octanol–water partition coefficient (Wildman–Crippen LogP) is -0.0175. The SMILES string of the molecule is CC(N(C)c1n[nH]c(N)n1)C(C)(C)O. The fourth-order valence-electron chi connectivity index (χ4n) is 1.07. The molecule has 0 aliphatic carbocycles. The highest BCUT2D eigenvalue weighted by Crippen LogP contribution is 2.18. The topological polar surface area (TPSA) is 91.1 Å². The molecule has 14 heavy (non-hydrogen) atoms. The number of nitrogens with one attached hydrogen (secondary N) is 1. The number of nitrogen functional groups attached to an aromatic ring is 1. The zero-order valence-electron chi connectivity index (χ0n) is 8.94. The van der Waals surface area contributed by atoms with Crippen LogP contribution in [0.3, 0.4) is 0 Å². The van der Waals surface area contributed by atoms with Gasteiger partial charge < -0.3 is 15.7 Å². The molecule has 0 bridgehead atoms. The maximum Gasteiger partial charge on any atom is 0.246 e. The number of aromatic amines is 1. The Labute approximate surface area is 83.1 Å². The first-order valence-electron chi connectivity index (χ1n) is 4.45. The Balaban J connectivity index is 2.80. The highest BCUT2D eigenvalue weighted by molar-refractivity contribution is 5.34. The third-order valence-electron chi connectivity index (χ3n) is 2.41. The summed E-state index contributed by atoms with van der Waals surface area (Å²) >= 11 is 0. The molecule has 6 nitrogen and oxygen atoms in total. The van der Waals surface area contributed by atoms with Crippen LogP contribution in [0.25, 0.3) is 0 Å². The summed E-state index contributed by atoms with van der Waals surface area (Å²) < 4.78 is 0. The number of likely N-dealkylation sites (N-methyl/N-ethyl adjacent to an activating group) is 1. The van der Waals surface area contributed by atoms with E-state index in [1.807, 2.05) is 14.0 Å². The van der Waals surface area contributed by atoms with Gasteiger partial charge in [-0.2, -0.15) is 4.98 Å². The van der Waals surface area contributed by atoms with Crippen molar-refractivity contribution in [2.45, 2.75) is 32.4 Å². The van der Waals surface area contributed by atoms with Crippen LogP contribution in [-0.2, 0) is 0 Å². The van der Waals surface area contributed by atoms with Crippen LogP contribution in [0.4, 0.5) is 11.9 Å². The van der Waals surface area contributed by atoms with Crippen molar-refractivity contribution in [3.63, 3.8) is 0 Å². The van der Waals surface area contributed by atoms with E-state index in [2.05, 4.69) is 15.2 Å². The molecule has 0 aliphatic rings. The number of hydrogen-bond acceptors (Lipinski definition) is 5. The molecule has 0 spiro atoms. The lowest BCUT2D eigenvalue weighted by Gasteiger charge is -2.33. The van der Waals surface area contributed by atoms with Crippen molar-refractivity contribution in [1.82, 2.24) is 15.2 Å². The predicted molar refractivity (Wildman–Crippen MR) is 55.0 cm³/mol. The van der Waals surface area contributed by atoms with Crippen molar-refractivity contribution < 1.29 is 5.11 Å². The van der Waals surface area contributed by atoms with Crippen molar-refractivity contribution in [3.8, 4) is 0 Å². The van der Waals surface area contributed by atoms with Gasteiger partial charge in [-0.3, -0.25) is 0 Å².